The highest BCUT2D eigenvalue weighted by atomic mass is 32.1. The van der Waals surface area contributed by atoms with Crippen molar-refractivity contribution in [1.82, 2.24) is 4.98 Å². The third kappa shape index (κ3) is 11.9. The van der Waals surface area contributed by atoms with Gasteiger partial charge in [-0.1, -0.05) is 19.1 Å². The number of rotatable bonds is 17. The van der Waals surface area contributed by atoms with Crippen molar-refractivity contribution in [3.05, 3.63) is 64.8 Å². The van der Waals surface area contributed by atoms with Crippen molar-refractivity contribution in [1.29, 1.82) is 0 Å². The molecule has 37 heavy (non-hydrogen) atoms. The number of nitrogens with one attached hydrogen (secondary N) is 1. The number of allylic oxidation sites excluding steroid dienone is 3. The second-order valence-corrected chi connectivity index (χ2v) is 9.72. The van der Waals surface area contributed by atoms with Crippen molar-refractivity contribution in [2.24, 2.45) is 4.99 Å². The number of aliphatic imine (C=N–C) groups is 1. The molecule has 2 aromatic rings. The first kappa shape index (κ1) is 30.4. The van der Waals surface area contributed by atoms with Gasteiger partial charge >= 0.3 is 6.18 Å². The summed E-state index contributed by atoms with van der Waals surface area (Å²) in [5.41, 5.74) is 1.19. The predicted molar refractivity (Wildman–Crippen MR) is 146 cm³/mol. The van der Waals surface area contributed by atoms with Crippen LogP contribution in [0.5, 0.6) is 0 Å². The number of aryl methyl sites for hydroxylation is 1. The summed E-state index contributed by atoms with van der Waals surface area (Å²) in [5, 5.41) is 3.65. The summed E-state index contributed by atoms with van der Waals surface area (Å²) >= 11 is 1.45. The van der Waals surface area contributed by atoms with E-state index in [1.807, 2.05) is 0 Å². The van der Waals surface area contributed by atoms with Crippen LogP contribution in [0.4, 0.5) is 24.0 Å². The summed E-state index contributed by atoms with van der Waals surface area (Å²) in [5.74, 6) is -0.000469. The minimum absolute atomic E-state index is 0.000469. The molecule has 0 atom stereocenters. The number of carbonyl (C=O) groups excluding carboxylic acids is 1. The van der Waals surface area contributed by atoms with Gasteiger partial charge in [0.2, 0.25) is 0 Å². The van der Waals surface area contributed by atoms with Crippen molar-refractivity contribution < 1.29 is 22.7 Å². The first-order chi connectivity index (χ1) is 17.7. The van der Waals surface area contributed by atoms with Crippen LogP contribution in [-0.4, -0.2) is 30.2 Å². The predicted octanol–water partition coefficient (Wildman–Crippen LogP) is 8.32. The highest BCUT2D eigenvalue weighted by Gasteiger charge is 2.29. The number of carbonyl (C=O) groups is 1. The Balaban J connectivity index is 1.75. The molecule has 202 valence electrons. The molecule has 1 aromatic heterocycles. The lowest BCUT2D eigenvalue weighted by molar-refractivity contribution is -0.137. The van der Waals surface area contributed by atoms with E-state index in [1.54, 1.807) is 25.4 Å². The number of benzene rings is 1. The summed E-state index contributed by atoms with van der Waals surface area (Å²) in [6, 6.07) is 4.85. The maximum absolute atomic E-state index is 12.7. The van der Waals surface area contributed by atoms with Gasteiger partial charge in [0.15, 0.2) is 10.9 Å². The zero-order chi connectivity index (χ0) is 27.1. The minimum atomic E-state index is -4.36. The van der Waals surface area contributed by atoms with E-state index in [0.29, 0.717) is 22.9 Å². The van der Waals surface area contributed by atoms with Gasteiger partial charge in [0, 0.05) is 42.6 Å². The molecule has 1 aromatic carbocycles. The molecular formula is C28H36F3N3O2S. The fourth-order valence-electron chi connectivity index (χ4n) is 3.46. The Morgan fingerprint density at radius 2 is 1.86 bits per heavy atom. The molecule has 0 radical (unpaired) electrons. The van der Waals surface area contributed by atoms with E-state index in [2.05, 4.69) is 28.8 Å². The molecule has 0 saturated heterocycles. The second-order valence-electron chi connectivity index (χ2n) is 8.61. The van der Waals surface area contributed by atoms with Crippen LogP contribution in [0, 0.1) is 0 Å². The van der Waals surface area contributed by atoms with Crippen molar-refractivity contribution in [3.8, 4) is 0 Å². The summed E-state index contributed by atoms with van der Waals surface area (Å²) in [4.78, 5) is 22.3. The normalized spacial score (nSPS) is 12.3. The number of anilines is 2. The second kappa shape index (κ2) is 16.1. The molecule has 0 unspecified atom stereocenters. The standard InChI is InChI=1S/C28H36F3N3O2S/c1-4-17-36-18-9-8-10-21(3)19-25(32-5-2)26(35)12-7-6-11-24-20-33-27(37-24)34-23-15-13-22(14-16-23)28(29,30)31/h5,13-16,19-20H,3-4,6-12,17-18H2,1-2H3,(H,33,34)/b25-19-,32-5-. The summed E-state index contributed by atoms with van der Waals surface area (Å²) in [6.45, 7) is 9.48. The van der Waals surface area contributed by atoms with E-state index < -0.39 is 11.7 Å². The Labute approximate surface area is 221 Å². The van der Waals surface area contributed by atoms with Crippen LogP contribution in [0.25, 0.3) is 0 Å². The number of ether oxygens (including phenoxy) is 1. The lowest BCUT2D eigenvalue weighted by atomic mass is 10.0. The van der Waals surface area contributed by atoms with E-state index >= 15 is 0 Å². The smallest absolute Gasteiger partial charge is 0.381 e. The fourth-order valence-corrected chi connectivity index (χ4v) is 4.33. The minimum Gasteiger partial charge on any atom is -0.381 e. The average Bonchev–Trinajstić information content (AvgIpc) is 3.30. The van der Waals surface area contributed by atoms with Crippen molar-refractivity contribution in [3.63, 3.8) is 0 Å². The highest BCUT2D eigenvalue weighted by molar-refractivity contribution is 7.15. The maximum Gasteiger partial charge on any atom is 0.416 e. The van der Waals surface area contributed by atoms with Gasteiger partial charge in [-0.15, -0.1) is 11.3 Å². The third-order valence-electron chi connectivity index (χ3n) is 5.37. The topological polar surface area (TPSA) is 63.6 Å². The number of hydrogen-bond donors (Lipinski definition) is 1. The molecule has 0 bridgehead atoms. The highest BCUT2D eigenvalue weighted by Crippen LogP contribution is 2.31. The number of unbranched alkanes of at least 4 members (excludes halogenated alkanes) is 2. The molecule has 0 aliphatic rings. The van der Waals surface area contributed by atoms with Crippen LogP contribution < -0.4 is 5.32 Å². The van der Waals surface area contributed by atoms with Crippen molar-refractivity contribution in [2.45, 2.75) is 71.4 Å². The fraction of sp³-hybridized carbons (Fsp3) is 0.464. The summed E-state index contributed by atoms with van der Waals surface area (Å²) in [6.07, 6.45) is 7.26. The van der Waals surface area contributed by atoms with Crippen LogP contribution in [0.1, 0.15) is 69.2 Å². The van der Waals surface area contributed by atoms with Gasteiger partial charge in [0.05, 0.1) is 5.56 Å². The molecular weight excluding hydrogens is 499 g/mol. The molecule has 0 aliphatic heterocycles. The number of Topliss-reactive ketones (excluding diaryl/α,β-unsaturated/α-hetero) is 1. The molecule has 9 heteroatoms. The van der Waals surface area contributed by atoms with Gasteiger partial charge in [-0.3, -0.25) is 9.79 Å². The quantitative estimate of drug-likeness (QED) is 0.0957. The van der Waals surface area contributed by atoms with Crippen LogP contribution in [0.3, 0.4) is 0 Å². The van der Waals surface area contributed by atoms with Crippen LogP contribution in [0.2, 0.25) is 0 Å². The molecule has 0 fully saturated rings. The summed E-state index contributed by atoms with van der Waals surface area (Å²) in [7, 11) is 0. The van der Waals surface area contributed by atoms with Crippen LogP contribution in [-0.2, 0) is 22.1 Å². The third-order valence-corrected chi connectivity index (χ3v) is 6.35. The Bertz CT molecular complexity index is 1040. The van der Waals surface area contributed by atoms with Gasteiger partial charge in [-0.25, -0.2) is 4.98 Å². The van der Waals surface area contributed by atoms with E-state index in [9.17, 15) is 18.0 Å². The van der Waals surface area contributed by atoms with E-state index in [-0.39, 0.29) is 5.78 Å². The number of nitrogens with zero attached hydrogens (tertiary/aromatic N) is 2. The molecule has 1 heterocycles. The lowest BCUT2D eigenvalue weighted by Crippen LogP contribution is -2.04. The molecule has 0 saturated carbocycles. The molecule has 0 spiro atoms. The first-order valence-electron chi connectivity index (χ1n) is 12.6. The molecule has 1 N–H and O–H groups in total. The lowest BCUT2D eigenvalue weighted by Gasteiger charge is -2.07. The zero-order valence-electron chi connectivity index (χ0n) is 21.6. The molecule has 5 nitrogen and oxygen atoms in total. The van der Waals surface area contributed by atoms with Crippen molar-refractivity contribution >= 4 is 34.2 Å². The van der Waals surface area contributed by atoms with E-state index in [0.717, 1.165) is 80.7 Å². The van der Waals surface area contributed by atoms with Crippen LogP contribution >= 0.6 is 11.3 Å². The Morgan fingerprint density at radius 1 is 1.14 bits per heavy atom. The zero-order valence-corrected chi connectivity index (χ0v) is 22.4. The average molecular weight is 536 g/mol. The van der Waals surface area contributed by atoms with Gasteiger partial charge in [0.1, 0.15) is 5.70 Å². The van der Waals surface area contributed by atoms with Gasteiger partial charge in [-0.05, 0) is 82.2 Å². The monoisotopic (exact) mass is 535 g/mol. The largest absolute Gasteiger partial charge is 0.416 e. The number of halogens is 3. The number of hydrogen-bond acceptors (Lipinski definition) is 6. The van der Waals surface area contributed by atoms with E-state index in [1.165, 1.54) is 23.5 Å². The maximum atomic E-state index is 12.7. The molecule has 0 amide bonds. The SMILES string of the molecule is C=C(/C=C(\N=C/C)C(=O)CCCCc1cnc(Nc2ccc(C(F)(F)F)cc2)s1)CCCCOCCC. The Kier molecular flexibility index (Phi) is 13.3. The van der Waals surface area contributed by atoms with Crippen LogP contribution in [0.15, 0.2) is 59.4 Å². The van der Waals surface area contributed by atoms with Gasteiger partial charge in [0.25, 0.3) is 0 Å². The molecule has 2 rings (SSSR count). The van der Waals surface area contributed by atoms with E-state index in [4.69, 9.17) is 4.74 Å². The summed E-state index contributed by atoms with van der Waals surface area (Å²) < 4.78 is 43.6. The number of thiazole rings is 1. The first-order valence-corrected chi connectivity index (χ1v) is 13.4. The number of aromatic nitrogens is 1. The Hall–Kier alpha value is -2.78. The van der Waals surface area contributed by atoms with Crippen molar-refractivity contribution in [2.75, 3.05) is 18.5 Å². The Morgan fingerprint density at radius 3 is 2.54 bits per heavy atom. The number of ketones is 1. The van der Waals surface area contributed by atoms with Gasteiger partial charge < -0.3 is 10.1 Å². The number of alkyl halides is 3. The molecule has 0 aliphatic carbocycles. The van der Waals surface area contributed by atoms with Gasteiger partial charge in [-0.2, -0.15) is 13.2 Å².